The van der Waals surface area contributed by atoms with Crippen LogP contribution in [0, 0.1) is 11.3 Å². The zero-order chi connectivity index (χ0) is 14.1. The first kappa shape index (κ1) is 15.1. The highest BCUT2D eigenvalue weighted by atomic mass is 32.2. The van der Waals surface area contributed by atoms with Gasteiger partial charge in [0.1, 0.15) is 6.04 Å². The molecule has 0 spiro atoms. The van der Waals surface area contributed by atoms with Gasteiger partial charge in [0.2, 0.25) is 5.91 Å². The van der Waals surface area contributed by atoms with E-state index in [1.165, 1.54) is 0 Å². The van der Waals surface area contributed by atoms with Crippen molar-refractivity contribution < 1.29 is 14.7 Å². The fourth-order valence-corrected chi connectivity index (χ4v) is 1.94. The van der Waals surface area contributed by atoms with Crippen LogP contribution in [0.2, 0.25) is 0 Å². The molecule has 1 amide bonds. The molecular weight excluding hydrogens is 264 g/mol. The second-order valence-electron chi connectivity index (χ2n) is 3.80. The molecular formula is C13H14N2O3S. The van der Waals surface area contributed by atoms with Gasteiger partial charge in [-0.1, -0.05) is 30.3 Å². The van der Waals surface area contributed by atoms with Gasteiger partial charge in [0.05, 0.1) is 17.6 Å². The Morgan fingerprint density at radius 1 is 1.37 bits per heavy atom. The number of aliphatic carboxylic acids is 1. The molecule has 0 saturated heterocycles. The summed E-state index contributed by atoms with van der Waals surface area (Å²) < 4.78 is 0. The predicted octanol–water partition coefficient (Wildman–Crippen LogP) is 1.06. The number of carboxylic acid groups (broad SMARTS) is 1. The van der Waals surface area contributed by atoms with E-state index in [0.717, 1.165) is 17.3 Å². The van der Waals surface area contributed by atoms with Crippen LogP contribution < -0.4 is 5.32 Å². The molecule has 1 rings (SSSR count). The van der Waals surface area contributed by atoms with Crippen LogP contribution in [0.15, 0.2) is 30.3 Å². The normalized spacial score (nSPS) is 11.3. The van der Waals surface area contributed by atoms with Gasteiger partial charge in [-0.3, -0.25) is 4.79 Å². The van der Waals surface area contributed by atoms with Crippen LogP contribution in [-0.4, -0.2) is 34.5 Å². The molecule has 2 N–H and O–H groups in total. The summed E-state index contributed by atoms with van der Waals surface area (Å²) in [6.07, 6.45) is 0.241. The molecule has 0 fully saturated rings. The van der Waals surface area contributed by atoms with Crippen molar-refractivity contribution in [3.63, 3.8) is 0 Å². The Morgan fingerprint density at radius 2 is 2.05 bits per heavy atom. The van der Waals surface area contributed by atoms with Gasteiger partial charge < -0.3 is 10.4 Å². The van der Waals surface area contributed by atoms with Crippen molar-refractivity contribution in [1.29, 1.82) is 5.26 Å². The first-order chi connectivity index (χ1) is 9.13. The lowest BCUT2D eigenvalue weighted by Gasteiger charge is -2.14. The van der Waals surface area contributed by atoms with E-state index in [0.29, 0.717) is 0 Å². The standard InChI is InChI=1S/C13H14N2O3S/c14-6-7-19-9-12(16)15-11(13(17)18)8-10-4-2-1-3-5-10/h1-5,11H,7-9H2,(H,15,16)(H,17,18)/t11-/m0/s1. The summed E-state index contributed by atoms with van der Waals surface area (Å²) in [6, 6.07) is 10.1. The summed E-state index contributed by atoms with van der Waals surface area (Å²) >= 11 is 1.16. The number of nitrogens with zero attached hydrogens (tertiary/aromatic N) is 1. The number of hydrogen-bond acceptors (Lipinski definition) is 4. The third kappa shape index (κ3) is 5.93. The molecule has 6 heteroatoms. The van der Waals surface area contributed by atoms with Crippen molar-refractivity contribution in [2.75, 3.05) is 11.5 Å². The molecule has 0 aliphatic heterocycles. The first-order valence-electron chi connectivity index (χ1n) is 5.64. The van der Waals surface area contributed by atoms with E-state index in [1.807, 2.05) is 36.4 Å². The number of rotatable bonds is 7. The van der Waals surface area contributed by atoms with Crippen LogP contribution in [0.5, 0.6) is 0 Å². The molecule has 100 valence electrons. The van der Waals surface area contributed by atoms with Gasteiger partial charge in [-0.2, -0.15) is 5.26 Å². The Hall–Kier alpha value is -2.00. The second-order valence-corrected chi connectivity index (χ2v) is 4.78. The van der Waals surface area contributed by atoms with E-state index in [1.54, 1.807) is 0 Å². The van der Waals surface area contributed by atoms with Gasteiger partial charge in [0.15, 0.2) is 0 Å². The number of thioether (sulfide) groups is 1. The van der Waals surface area contributed by atoms with Gasteiger partial charge in [0.25, 0.3) is 0 Å². The van der Waals surface area contributed by atoms with Gasteiger partial charge in [-0.25, -0.2) is 4.79 Å². The Kier molecular flexibility index (Phi) is 6.47. The van der Waals surface area contributed by atoms with E-state index in [4.69, 9.17) is 10.4 Å². The quantitative estimate of drug-likeness (QED) is 0.728. The van der Waals surface area contributed by atoms with Crippen molar-refractivity contribution in [3.05, 3.63) is 35.9 Å². The molecule has 1 aromatic carbocycles. The molecule has 0 aliphatic carbocycles. The molecule has 5 nitrogen and oxygen atoms in total. The molecule has 0 heterocycles. The summed E-state index contributed by atoms with van der Waals surface area (Å²) in [5, 5.41) is 19.9. The lowest BCUT2D eigenvalue weighted by molar-refractivity contribution is -0.141. The number of nitrogens with one attached hydrogen (secondary N) is 1. The lowest BCUT2D eigenvalue weighted by atomic mass is 10.1. The van der Waals surface area contributed by atoms with E-state index in [-0.39, 0.29) is 23.8 Å². The Bertz CT molecular complexity index is 471. The van der Waals surface area contributed by atoms with Crippen LogP contribution in [0.25, 0.3) is 0 Å². The van der Waals surface area contributed by atoms with Crippen LogP contribution in [0.1, 0.15) is 5.56 Å². The highest BCUT2D eigenvalue weighted by molar-refractivity contribution is 8.00. The van der Waals surface area contributed by atoms with Gasteiger partial charge >= 0.3 is 5.97 Å². The highest BCUT2D eigenvalue weighted by Crippen LogP contribution is 2.04. The van der Waals surface area contributed by atoms with E-state index < -0.39 is 12.0 Å². The molecule has 0 unspecified atom stereocenters. The number of carboxylic acids is 1. The summed E-state index contributed by atoms with van der Waals surface area (Å²) in [5.41, 5.74) is 0.847. The van der Waals surface area contributed by atoms with Gasteiger partial charge in [-0.15, -0.1) is 11.8 Å². The molecule has 0 radical (unpaired) electrons. The lowest BCUT2D eigenvalue weighted by Crippen LogP contribution is -2.43. The van der Waals surface area contributed by atoms with Crippen molar-refractivity contribution in [2.24, 2.45) is 0 Å². The maximum absolute atomic E-state index is 11.5. The monoisotopic (exact) mass is 278 g/mol. The number of nitriles is 1. The molecule has 0 aliphatic rings. The highest BCUT2D eigenvalue weighted by Gasteiger charge is 2.20. The SMILES string of the molecule is N#CCSCC(=O)N[C@@H](Cc1ccccc1)C(=O)O. The van der Waals surface area contributed by atoms with Crippen LogP contribution in [0.3, 0.4) is 0 Å². The third-order valence-electron chi connectivity index (χ3n) is 2.32. The summed E-state index contributed by atoms with van der Waals surface area (Å²) in [5.74, 6) is -1.14. The smallest absolute Gasteiger partial charge is 0.326 e. The minimum Gasteiger partial charge on any atom is -0.480 e. The minimum atomic E-state index is -1.07. The molecule has 1 aromatic rings. The number of carbonyl (C=O) groups excluding carboxylic acids is 1. The Morgan fingerprint density at radius 3 is 2.63 bits per heavy atom. The average molecular weight is 278 g/mol. The second kappa shape index (κ2) is 8.16. The van der Waals surface area contributed by atoms with Crippen molar-refractivity contribution in [1.82, 2.24) is 5.32 Å². The molecule has 19 heavy (non-hydrogen) atoms. The predicted molar refractivity (Wildman–Crippen MR) is 72.7 cm³/mol. The zero-order valence-corrected chi connectivity index (χ0v) is 11.0. The van der Waals surface area contributed by atoms with Crippen molar-refractivity contribution in [2.45, 2.75) is 12.5 Å². The van der Waals surface area contributed by atoms with E-state index in [2.05, 4.69) is 5.32 Å². The summed E-state index contributed by atoms with van der Waals surface area (Å²) in [6.45, 7) is 0. The van der Waals surface area contributed by atoms with Crippen LogP contribution >= 0.6 is 11.8 Å². The van der Waals surface area contributed by atoms with E-state index >= 15 is 0 Å². The van der Waals surface area contributed by atoms with Crippen molar-refractivity contribution >= 4 is 23.6 Å². The van der Waals surface area contributed by atoms with Crippen LogP contribution in [-0.2, 0) is 16.0 Å². The number of hydrogen-bond donors (Lipinski definition) is 2. The molecule has 1 atom stereocenters. The number of carbonyl (C=O) groups is 2. The van der Waals surface area contributed by atoms with E-state index in [9.17, 15) is 9.59 Å². The maximum atomic E-state index is 11.5. The van der Waals surface area contributed by atoms with Crippen molar-refractivity contribution in [3.8, 4) is 6.07 Å². The Labute approximate surface area is 115 Å². The fourth-order valence-electron chi connectivity index (χ4n) is 1.48. The minimum absolute atomic E-state index is 0.0894. The molecule has 0 aromatic heterocycles. The average Bonchev–Trinajstić information content (AvgIpc) is 2.39. The number of amides is 1. The Balaban J connectivity index is 2.52. The maximum Gasteiger partial charge on any atom is 0.326 e. The molecule has 0 bridgehead atoms. The topological polar surface area (TPSA) is 90.2 Å². The fraction of sp³-hybridized carbons (Fsp3) is 0.308. The molecule has 0 saturated carbocycles. The van der Waals surface area contributed by atoms with Gasteiger partial charge in [-0.05, 0) is 5.56 Å². The summed E-state index contributed by atoms with van der Waals surface area (Å²) in [7, 11) is 0. The number of benzene rings is 1. The summed E-state index contributed by atoms with van der Waals surface area (Å²) in [4.78, 5) is 22.6. The third-order valence-corrected chi connectivity index (χ3v) is 3.12. The largest absolute Gasteiger partial charge is 0.480 e. The van der Waals surface area contributed by atoms with Crippen LogP contribution in [0.4, 0.5) is 0 Å². The van der Waals surface area contributed by atoms with Gasteiger partial charge in [0, 0.05) is 6.42 Å². The first-order valence-corrected chi connectivity index (χ1v) is 6.79. The zero-order valence-electron chi connectivity index (χ0n) is 10.2.